The van der Waals surface area contributed by atoms with Crippen molar-refractivity contribution in [3.63, 3.8) is 0 Å². The minimum absolute atomic E-state index is 0.224. The molecule has 4 heteroatoms. The zero-order chi connectivity index (χ0) is 20.9. The largest absolute Gasteiger partial charge is 0.494 e. The van der Waals surface area contributed by atoms with E-state index in [0.29, 0.717) is 19.4 Å². The summed E-state index contributed by atoms with van der Waals surface area (Å²) in [6, 6.07) is 23.4. The molecule has 1 saturated heterocycles. The van der Waals surface area contributed by atoms with Crippen LogP contribution in [0.5, 0.6) is 5.75 Å². The first-order valence-corrected chi connectivity index (χ1v) is 10.8. The molecule has 3 aromatic rings. The zero-order valence-electron chi connectivity index (χ0n) is 17.5. The van der Waals surface area contributed by atoms with Crippen molar-refractivity contribution in [2.24, 2.45) is 5.92 Å². The predicted octanol–water partition coefficient (Wildman–Crippen LogP) is 5.54. The van der Waals surface area contributed by atoms with Gasteiger partial charge in [-0.25, -0.2) is 0 Å². The molecule has 1 heterocycles. The third-order valence-corrected chi connectivity index (χ3v) is 6.07. The molecular formula is C26H29NO3. The van der Waals surface area contributed by atoms with Crippen molar-refractivity contribution in [1.29, 1.82) is 0 Å². The number of anilines is 1. The van der Waals surface area contributed by atoms with Crippen molar-refractivity contribution in [2.45, 2.75) is 38.6 Å². The fourth-order valence-electron chi connectivity index (χ4n) is 4.37. The van der Waals surface area contributed by atoms with Crippen LogP contribution in [0.4, 0.5) is 5.69 Å². The molecule has 1 aliphatic heterocycles. The van der Waals surface area contributed by atoms with Crippen molar-refractivity contribution in [3.05, 3.63) is 72.3 Å². The molecule has 3 aromatic carbocycles. The third kappa shape index (κ3) is 4.76. The Balaban J connectivity index is 1.37. The van der Waals surface area contributed by atoms with E-state index in [1.54, 1.807) is 0 Å². The fourth-order valence-corrected chi connectivity index (χ4v) is 4.37. The second kappa shape index (κ2) is 9.21. The second-order valence-electron chi connectivity index (χ2n) is 8.23. The van der Waals surface area contributed by atoms with Gasteiger partial charge in [-0.05, 0) is 73.2 Å². The SMILES string of the molecule is CC1CC(C(=O)O)CCN1c1ccc2cc(OCCCc3ccccc3)ccc2c1. The molecule has 2 atom stereocenters. The standard InChI is InChI=1S/C26H29NO3/c1-19-16-23(26(28)29)13-14-27(19)24-11-9-22-18-25(12-10-21(22)17-24)30-15-5-8-20-6-3-2-4-7-20/h2-4,6-7,9-12,17-19,23H,5,8,13-16H2,1H3,(H,28,29). The molecule has 2 unspecified atom stereocenters. The fraction of sp³-hybridized carbons (Fsp3) is 0.346. The van der Waals surface area contributed by atoms with E-state index >= 15 is 0 Å². The lowest BCUT2D eigenvalue weighted by Crippen LogP contribution is -2.42. The highest BCUT2D eigenvalue weighted by atomic mass is 16.5. The number of aliphatic carboxylic acids is 1. The van der Waals surface area contributed by atoms with Gasteiger partial charge >= 0.3 is 5.97 Å². The summed E-state index contributed by atoms with van der Waals surface area (Å²) in [5.74, 6) is 0.00793. The molecule has 156 valence electrons. The average Bonchev–Trinajstić information content (AvgIpc) is 2.77. The average molecular weight is 404 g/mol. The maximum absolute atomic E-state index is 11.3. The Kier molecular flexibility index (Phi) is 6.22. The number of rotatable bonds is 7. The Morgan fingerprint density at radius 1 is 1.07 bits per heavy atom. The monoisotopic (exact) mass is 403 g/mol. The van der Waals surface area contributed by atoms with Crippen LogP contribution in [0.1, 0.15) is 31.7 Å². The van der Waals surface area contributed by atoms with E-state index in [4.69, 9.17) is 4.74 Å². The lowest BCUT2D eigenvalue weighted by molar-refractivity contribution is -0.142. The van der Waals surface area contributed by atoms with Crippen LogP contribution in [0.15, 0.2) is 66.7 Å². The molecule has 4 nitrogen and oxygen atoms in total. The number of piperidine rings is 1. The van der Waals surface area contributed by atoms with E-state index in [-0.39, 0.29) is 12.0 Å². The maximum Gasteiger partial charge on any atom is 0.306 e. The lowest BCUT2D eigenvalue weighted by Gasteiger charge is -2.38. The van der Waals surface area contributed by atoms with Crippen molar-refractivity contribution in [2.75, 3.05) is 18.1 Å². The van der Waals surface area contributed by atoms with Crippen LogP contribution in [0.2, 0.25) is 0 Å². The molecule has 0 bridgehead atoms. The van der Waals surface area contributed by atoms with Crippen molar-refractivity contribution in [1.82, 2.24) is 0 Å². The Morgan fingerprint density at radius 2 is 1.83 bits per heavy atom. The summed E-state index contributed by atoms with van der Waals surface area (Å²) in [6.07, 6.45) is 3.41. The number of fused-ring (bicyclic) bond motifs is 1. The van der Waals surface area contributed by atoms with Gasteiger partial charge in [0.2, 0.25) is 0 Å². The van der Waals surface area contributed by atoms with Gasteiger partial charge in [-0.1, -0.05) is 42.5 Å². The van der Waals surface area contributed by atoms with Gasteiger partial charge in [0.05, 0.1) is 12.5 Å². The summed E-state index contributed by atoms with van der Waals surface area (Å²) in [4.78, 5) is 13.6. The zero-order valence-corrected chi connectivity index (χ0v) is 17.5. The molecule has 1 N–H and O–H groups in total. The molecule has 0 amide bonds. The van der Waals surface area contributed by atoms with Crippen LogP contribution in [-0.4, -0.2) is 30.3 Å². The number of hydrogen-bond acceptors (Lipinski definition) is 3. The van der Waals surface area contributed by atoms with Crippen molar-refractivity contribution in [3.8, 4) is 5.75 Å². The number of carboxylic acids is 1. The number of aryl methyl sites for hydroxylation is 1. The smallest absolute Gasteiger partial charge is 0.306 e. The molecule has 0 saturated carbocycles. The lowest BCUT2D eigenvalue weighted by atomic mass is 9.91. The van der Waals surface area contributed by atoms with Gasteiger partial charge in [0.15, 0.2) is 0 Å². The van der Waals surface area contributed by atoms with Gasteiger partial charge in [0.25, 0.3) is 0 Å². The number of hydrogen-bond donors (Lipinski definition) is 1. The number of benzene rings is 3. The minimum Gasteiger partial charge on any atom is -0.494 e. The maximum atomic E-state index is 11.3. The van der Waals surface area contributed by atoms with Crippen LogP contribution < -0.4 is 9.64 Å². The number of ether oxygens (including phenoxy) is 1. The normalized spacial score (nSPS) is 19.0. The van der Waals surface area contributed by atoms with Gasteiger partial charge < -0.3 is 14.7 Å². The second-order valence-corrected chi connectivity index (χ2v) is 8.23. The summed E-state index contributed by atoms with van der Waals surface area (Å²) in [6.45, 7) is 3.60. The topological polar surface area (TPSA) is 49.8 Å². The molecule has 30 heavy (non-hydrogen) atoms. The van der Waals surface area contributed by atoms with Gasteiger partial charge in [-0.2, -0.15) is 0 Å². The van der Waals surface area contributed by atoms with Crippen LogP contribution >= 0.6 is 0 Å². The van der Waals surface area contributed by atoms with E-state index in [1.165, 1.54) is 10.9 Å². The van der Waals surface area contributed by atoms with Gasteiger partial charge in [0.1, 0.15) is 5.75 Å². The Morgan fingerprint density at radius 3 is 2.60 bits per heavy atom. The Hall–Kier alpha value is -3.01. The molecule has 1 aliphatic rings. The van der Waals surface area contributed by atoms with Crippen LogP contribution in [0.25, 0.3) is 10.8 Å². The number of nitrogens with zero attached hydrogens (tertiary/aromatic N) is 1. The third-order valence-electron chi connectivity index (χ3n) is 6.07. The molecule has 0 aliphatic carbocycles. The Bertz CT molecular complexity index is 1000. The molecule has 1 fully saturated rings. The first kappa shape index (κ1) is 20.3. The van der Waals surface area contributed by atoms with Crippen molar-refractivity contribution >= 4 is 22.4 Å². The highest BCUT2D eigenvalue weighted by Gasteiger charge is 2.29. The molecule has 0 spiro atoms. The van der Waals surface area contributed by atoms with E-state index in [9.17, 15) is 9.90 Å². The summed E-state index contributed by atoms with van der Waals surface area (Å²) in [5, 5.41) is 11.6. The van der Waals surface area contributed by atoms with E-state index in [0.717, 1.165) is 36.2 Å². The number of carboxylic acid groups (broad SMARTS) is 1. The van der Waals surface area contributed by atoms with Crippen molar-refractivity contribution < 1.29 is 14.6 Å². The van der Waals surface area contributed by atoms with Gasteiger partial charge in [-0.15, -0.1) is 0 Å². The quantitative estimate of drug-likeness (QED) is 0.526. The highest BCUT2D eigenvalue weighted by molar-refractivity contribution is 5.87. The van der Waals surface area contributed by atoms with E-state index in [1.807, 2.05) is 12.1 Å². The number of carbonyl (C=O) groups is 1. The van der Waals surface area contributed by atoms with Gasteiger partial charge in [0, 0.05) is 18.3 Å². The Labute approximate surface area is 178 Å². The molecule has 4 rings (SSSR count). The first-order chi connectivity index (χ1) is 14.6. The van der Waals surface area contributed by atoms with E-state index in [2.05, 4.69) is 66.4 Å². The minimum atomic E-state index is -0.670. The summed E-state index contributed by atoms with van der Waals surface area (Å²) < 4.78 is 5.97. The molecule has 0 radical (unpaired) electrons. The van der Waals surface area contributed by atoms with Crippen LogP contribution in [-0.2, 0) is 11.2 Å². The van der Waals surface area contributed by atoms with Crippen LogP contribution in [0, 0.1) is 5.92 Å². The summed E-state index contributed by atoms with van der Waals surface area (Å²) in [7, 11) is 0. The predicted molar refractivity (Wildman–Crippen MR) is 121 cm³/mol. The summed E-state index contributed by atoms with van der Waals surface area (Å²) >= 11 is 0. The molecular weight excluding hydrogens is 374 g/mol. The summed E-state index contributed by atoms with van der Waals surface area (Å²) in [5.41, 5.74) is 2.50. The highest BCUT2D eigenvalue weighted by Crippen LogP contribution is 2.31. The van der Waals surface area contributed by atoms with Crippen LogP contribution in [0.3, 0.4) is 0 Å². The van der Waals surface area contributed by atoms with E-state index < -0.39 is 5.97 Å². The first-order valence-electron chi connectivity index (χ1n) is 10.8. The van der Waals surface area contributed by atoms with Gasteiger partial charge in [-0.3, -0.25) is 4.79 Å². The molecule has 0 aromatic heterocycles.